The molecule has 0 aliphatic carbocycles. The Morgan fingerprint density at radius 3 is 2.40 bits per heavy atom. The van der Waals surface area contributed by atoms with Crippen LogP contribution in [-0.4, -0.2) is 36.3 Å². The molecule has 2 saturated heterocycles. The maximum atomic E-state index is 9.48. The van der Waals surface area contributed by atoms with Crippen LogP contribution in [0.25, 0.3) is 0 Å². The third-order valence-electron chi connectivity index (χ3n) is 4.17. The van der Waals surface area contributed by atoms with Gasteiger partial charge >= 0.3 is 0 Å². The summed E-state index contributed by atoms with van der Waals surface area (Å²) in [5, 5.41) is 23.1. The monoisotopic (exact) mass is 268 g/mol. The van der Waals surface area contributed by atoms with Crippen molar-refractivity contribution < 1.29 is 4.74 Å². The lowest BCUT2D eigenvalue weighted by Crippen LogP contribution is -2.35. The number of methoxy groups -OCH3 is 1. The summed E-state index contributed by atoms with van der Waals surface area (Å²) in [4.78, 5) is 0. The van der Waals surface area contributed by atoms with Gasteiger partial charge in [-0.05, 0) is 24.1 Å². The maximum Gasteiger partial charge on any atom is 0.129 e. The number of nitrogens with zero attached hydrogens (tertiary/aromatic N) is 4. The van der Waals surface area contributed by atoms with Gasteiger partial charge in [0.25, 0.3) is 0 Å². The molecule has 0 N–H and O–H groups in total. The van der Waals surface area contributed by atoms with E-state index in [-0.39, 0.29) is 18.0 Å². The van der Waals surface area contributed by atoms with E-state index in [9.17, 15) is 10.5 Å². The van der Waals surface area contributed by atoms with Crippen LogP contribution in [0.1, 0.15) is 18.0 Å². The Morgan fingerprint density at radius 2 is 1.80 bits per heavy atom. The van der Waals surface area contributed by atoms with Crippen molar-refractivity contribution in [1.29, 1.82) is 10.5 Å². The molecule has 1 aromatic rings. The van der Waals surface area contributed by atoms with Crippen molar-refractivity contribution in [2.24, 2.45) is 5.92 Å². The standard InChI is InChI=1S/C15H16N4O/c1-20-12-5-3-11(4-6-12)15-13(9-16)14(10-17)18-7-2-8-19(15)18/h3-6,13-15H,2,7-8H2,1H3/t13-,14-,15-/m1/s1. The number of benzene rings is 1. The average molecular weight is 268 g/mol. The van der Waals surface area contributed by atoms with Crippen LogP contribution < -0.4 is 4.74 Å². The summed E-state index contributed by atoms with van der Waals surface area (Å²) in [6, 6.07) is 12.1. The molecule has 102 valence electrons. The summed E-state index contributed by atoms with van der Waals surface area (Å²) in [6.07, 6.45) is 1.04. The van der Waals surface area contributed by atoms with Crippen molar-refractivity contribution in [3.05, 3.63) is 29.8 Å². The minimum absolute atomic E-state index is 0.0296. The number of hydrazine groups is 1. The van der Waals surface area contributed by atoms with Gasteiger partial charge in [-0.1, -0.05) is 12.1 Å². The lowest BCUT2D eigenvalue weighted by molar-refractivity contribution is 0.0383. The highest BCUT2D eigenvalue weighted by molar-refractivity contribution is 5.32. The Hall–Kier alpha value is -2.08. The maximum absolute atomic E-state index is 9.48. The van der Waals surface area contributed by atoms with Crippen LogP contribution in [0.4, 0.5) is 0 Å². The van der Waals surface area contributed by atoms with Crippen molar-refractivity contribution in [2.75, 3.05) is 20.2 Å². The molecule has 0 amide bonds. The third-order valence-corrected chi connectivity index (χ3v) is 4.17. The minimum atomic E-state index is -0.338. The van der Waals surface area contributed by atoms with E-state index in [0.29, 0.717) is 0 Å². The van der Waals surface area contributed by atoms with Crippen LogP contribution in [0.2, 0.25) is 0 Å². The minimum Gasteiger partial charge on any atom is -0.497 e. The van der Waals surface area contributed by atoms with E-state index in [1.165, 1.54) is 0 Å². The fraction of sp³-hybridized carbons (Fsp3) is 0.467. The molecule has 0 aromatic heterocycles. The lowest BCUT2D eigenvalue weighted by atomic mass is 9.90. The van der Waals surface area contributed by atoms with Crippen molar-refractivity contribution in [1.82, 2.24) is 10.0 Å². The fourth-order valence-electron chi connectivity index (χ4n) is 3.26. The molecule has 5 heteroatoms. The summed E-state index contributed by atoms with van der Waals surface area (Å²) in [5.41, 5.74) is 1.07. The summed E-state index contributed by atoms with van der Waals surface area (Å²) in [6.45, 7) is 1.77. The van der Waals surface area contributed by atoms with E-state index in [0.717, 1.165) is 30.8 Å². The highest BCUT2D eigenvalue weighted by Gasteiger charge is 2.50. The van der Waals surface area contributed by atoms with E-state index in [4.69, 9.17) is 4.74 Å². The lowest BCUT2D eigenvalue weighted by Gasteiger charge is -2.25. The van der Waals surface area contributed by atoms with Gasteiger partial charge in [0.1, 0.15) is 11.8 Å². The van der Waals surface area contributed by atoms with Crippen molar-refractivity contribution in [3.63, 3.8) is 0 Å². The first-order chi connectivity index (χ1) is 9.80. The Morgan fingerprint density at radius 1 is 1.10 bits per heavy atom. The van der Waals surface area contributed by atoms with Crippen LogP contribution in [0.15, 0.2) is 24.3 Å². The topological polar surface area (TPSA) is 63.3 Å². The summed E-state index contributed by atoms with van der Waals surface area (Å²) < 4.78 is 5.17. The summed E-state index contributed by atoms with van der Waals surface area (Å²) in [7, 11) is 1.64. The molecule has 0 bridgehead atoms. The Labute approximate surface area is 118 Å². The number of rotatable bonds is 2. The molecule has 20 heavy (non-hydrogen) atoms. The van der Waals surface area contributed by atoms with Gasteiger partial charge in [0.05, 0.1) is 31.2 Å². The molecular weight excluding hydrogens is 252 g/mol. The number of fused-ring (bicyclic) bond motifs is 1. The molecule has 2 heterocycles. The Bertz CT molecular complexity index is 571. The highest BCUT2D eigenvalue weighted by Crippen LogP contribution is 2.43. The third kappa shape index (κ3) is 1.84. The molecule has 0 unspecified atom stereocenters. The first kappa shape index (κ1) is 12.9. The van der Waals surface area contributed by atoms with E-state index < -0.39 is 0 Å². The second kappa shape index (κ2) is 5.13. The molecule has 3 rings (SSSR count). The van der Waals surface area contributed by atoms with Crippen molar-refractivity contribution >= 4 is 0 Å². The Balaban J connectivity index is 1.97. The predicted octanol–water partition coefficient (Wildman–Crippen LogP) is 1.70. The van der Waals surface area contributed by atoms with Crippen molar-refractivity contribution in [2.45, 2.75) is 18.5 Å². The van der Waals surface area contributed by atoms with Gasteiger partial charge in [-0.15, -0.1) is 0 Å². The van der Waals surface area contributed by atoms with Crippen LogP contribution >= 0.6 is 0 Å². The molecule has 3 atom stereocenters. The molecule has 0 radical (unpaired) electrons. The molecule has 2 fully saturated rings. The molecule has 5 nitrogen and oxygen atoms in total. The first-order valence-corrected chi connectivity index (χ1v) is 6.76. The summed E-state index contributed by atoms with van der Waals surface area (Å²) in [5.74, 6) is 0.490. The van der Waals surface area contributed by atoms with Gasteiger partial charge in [-0.25, -0.2) is 10.0 Å². The summed E-state index contributed by atoms with van der Waals surface area (Å²) >= 11 is 0. The second-order valence-electron chi connectivity index (χ2n) is 5.13. The smallest absolute Gasteiger partial charge is 0.129 e. The van der Waals surface area contributed by atoms with Gasteiger partial charge in [0.15, 0.2) is 0 Å². The van der Waals surface area contributed by atoms with E-state index in [1.807, 2.05) is 24.3 Å². The van der Waals surface area contributed by atoms with E-state index in [1.54, 1.807) is 7.11 Å². The highest BCUT2D eigenvalue weighted by atomic mass is 16.5. The van der Waals surface area contributed by atoms with Gasteiger partial charge in [0.2, 0.25) is 0 Å². The molecule has 0 saturated carbocycles. The van der Waals surface area contributed by atoms with Gasteiger partial charge in [-0.2, -0.15) is 10.5 Å². The number of hydrogen-bond acceptors (Lipinski definition) is 5. The molecule has 2 aliphatic heterocycles. The molecular formula is C15H16N4O. The van der Waals surface area contributed by atoms with E-state index >= 15 is 0 Å². The Kier molecular flexibility index (Phi) is 3.31. The van der Waals surface area contributed by atoms with Crippen molar-refractivity contribution in [3.8, 4) is 17.9 Å². The predicted molar refractivity (Wildman–Crippen MR) is 72.3 cm³/mol. The second-order valence-corrected chi connectivity index (χ2v) is 5.13. The van der Waals surface area contributed by atoms with Gasteiger partial charge in [-0.3, -0.25) is 0 Å². The van der Waals surface area contributed by atoms with Gasteiger partial charge < -0.3 is 4.74 Å². The normalized spacial score (nSPS) is 29.6. The van der Waals surface area contributed by atoms with Crippen LogP contribution in [-0.2, 0) is 0 Å². The quantitative estimate of drug-likeness (QED) is 0.817. The fourth-order valence-corrected chi connectivity index (χ4v) is 3.26. The number of hydrogen-bond donors (Lipinski definition) is 0. The van der Waals surface area contributed by atoms with Crippen LogP contribution in [0, 0.1) is 28.6 Å². The van der Waals surface area contributed by atoms with E-state index in [2.05, 4.69) is 22.2 Å². The zero-order chi connectivity index (χ0) is 14.1. The molecule has 2 aliphatic rings. The molecule has 0 spiro atoms. The van der Waals surface area contributed by atoms with Gasteiger partial charge in [0, 0.05) is 13.1 Å². The number of nitriles is 2. The SMILES string of the molecule is COc1ccc([C@@H]2[C@H](C#N)[C@@H](C#N)N3CCCN23)cc1. The zero-order valence-corrected chi connectivity index (χ0v) is 11.4. The zero-order valence-electron chi connectivity index (χ0n) is 11.4. The average Bonchev–Trinajstić information content (AvgIpc) is 3.06. The van der Waals surface area contributed by atoms with Crippen LogP contribution in [0.5, 0.6) is 5.75 Å². The molecule has 1 aromatic carbocycles. The number of ether oxygens (including phenoxy) is 1. The largest absolute Gasteiger partial charge is 0.497 e. The first-order valence-electron chi connectivity index (χ1n) is 6.76. The van der Waals surface area contributed by atoms with Crippen LogP contribution in [0.3, 0.4) is 0 Å².